The summed E-state index contributed by atoms with van der Waals surface area (Å²) in [4.78, 5) is 30.7. The second kappa shape index (κ2) is 8.62. The first-order valence-corrected chi connectivity index (χ1v) is 10.2. The van der Waals surface area contributed by atoms with Crippen LogP contribution in [0.3, 0.4) is 0 Å². The monoisotopic (exact) mass is 367 g/mol. The third-order valence-electron chi connectivity index (χ3n) is 4.09. The van der Waals surface area contributed by atoms with Crippen molar-refractivity contribution in [2.24, 2.45) is 0 Å². The number of rotatable bonds is 7. The Hall–Kier alpha value is -2.67. The van der Waals surface area contributed by atoms with Gasteiger partial charge in [-0.1, -0.05) is 54.6 Å². The van der Waals surface area contributed by atoms with E-state index in [9.17, 15) is 4.79 Å². The minimum absolute atomic E-state index is 0.195. The van der Waals surface area contributed by atoms with Crippen LogP contribution in [0.25, 0.3) is 11.0 Å². The zero-order chi connectivity index (χ0) is 18.4. The van der Waals surface area contributed by atoms with Crippen LogP contribution in [0.1, 0.15) is 35.0 Å². The van der Waals surface area contributed by atoms with Crippen LogP contribution >= 0.6 is 0 Å². The van der Waals surface area contributed by atoms with Gasteiger partial charge in [0.1, 0.15) is 5.58 Å². The van der Waals surface area contributed by atoms with Crippen LogP contribution in [0.5, 0.6) is 0 Å². The fourth-order valence-corrected chi connectivity index (χ4v) is 3.25. The molecule has 2 aromatic carbocycles. The minimum atomic E-state index is -2.69. The molecule has 0 radical (unpaired) electrons. The lowest BCUT2D eigenvalue weighted by Gasteiger charge is -2.18. The van der Waals surface area contributed by atoms with E-state index in [0.29, 0.717) is 18.4 Å². The fourth-order valence-electron chi connectivity index (χ4n) is 2.81. The van der Waals surface area contributed by atoms with Crippen LogP contribution < -0.4 is 5.32 Å². The predicted octanol–water partition coefficient (Wildman–Crippen LogP) is 2.98. The van der Waals surface area contributed by atoms with Crippen molar-refractivity contribution in [2.45, 2.75) is 18.9 Å². The molecule has 1 unspecified atom stereocenters. The van der Waals surface area contributed by atoms with E-state index in [1.807, 2.05) is 54.6 Å². The number of hydrogen-bond donors (Lipinski definition) is 3. The highest BCUT2D eigenvalue weighted by Gasteiger charge is 2.18. The van der Waals surface area contributed by atoms with Gasteiger partial charge in [-0.05, 0) is 36.2 Å². The topological polar surface area (TPSA) is 82.7 Å². The summed E-state index contributed by atoms with van der Waals surface area (Å²) in [6.45, 7) is 0. The normalized spacial score (nSPS) is 12.7. The smallest absolute Gasteiger partial charge is 0.342 e. The number of nitrogens with one attached hydrogen (secondary N) is 1. The second-order valence-electron chi connectivity index (χ2n) is 6.00. The van der Waals surface area contributed by atoms with Gasteiger partial charge in [0.05, 0.1) is 6.04 Å². The molecule has 26 heavy (non-hydrogen) atoms. The molecule has 6 heteroatoms. The van der Waals surface area contributed by atoms with Crippen molar-refractivity contribution in [1.82, 2.24) is 5.32 Å². The van der Waals surface area contributed by atoms with Crippen molar-refractivity contribution in [3.63, 3.8) is 0 Å². The van der Waals surface area contributed by atoms with Gasteiger partial charge in [0.2, 0.25) is 0 Å². The zero-order valence-corrected chi connectivity index (χ0v) is 15.4. The molecular formula is C20H21NO4Si. The Balaban J connectivity index is 1.74. The molecule has 0 spiro atoms. The first-order valence-electron chi connectivity index (χ1n) is 8.50. The number of allylic oxidation sites excluding steroid dienone is 1. The number of furan rings is 1. The molecule has 0 saturated carbocycles. The van der Waals surface area contributed by atoms with Crippen molar-refractivity contribution < 1.29 is 18.8 Å². The van der Waals surface area contributed by atoms with E-state index in [2.05, 4.69) is 5.32 Å². The maximum Gasteiger partial charge on any atom is 0.342 e. The average molecular weight is 367 g/mol. The molecule has 0 fully saturated rings. The molecule has 3 aromatic rings. The van der Waals surface area contributed by atoms with Crippen molar-refractivity contribution in [3.05, 3.63) is 83.8 Å². The van der Waals surface area contributed by atoms with Gasteiger partial charge in [0.25, 0.3) is 5.91 Å². The van der Waals surface area contributed by atoms with Gasteiger partial charge in [-0.3, -0.25) is 4.79 Å². The Morgan fingerprint density at radius 3 is 2.58 bits per heavy atom. The Morgan fingerprint density at radius 2 is 1.85 bits per heavy atom. The Labute approximate surface area is 153 Å². The molecule has 0 bridgehead atoms. The molecule has 1 amide bonds. The average Bonchev–Trinajstić information content (AvgIpc) is 3.09. The van der Waals surface area contributed by atoms with Gasteiger partial charge in [-0.25, -0.2) is 0 Å². The van der Waals surface area contributed by atoms with Gasteiger partial charge < -0.3 is 19.3 Å². The fraction of sp³-hybridized carbons (Fsp3) is 0.150. The molecule has 0 aliphatic heterocycles. The number of hydrogen-bond acceptors (Lipinski definition) is 4. The SMILES string of the molecule is O=C(NC(CCC=C[SiH](O)O)c1ccccc1)c1cc2ccccc2o1. The van der Waals surface area contributed by atoms with Crippen molar-refractivity contribution in [2.75, 3.05) is 0 Å². The highest BCUT2D eigenvalue weighted by molar-refractivity contribution is 6.47. The largest absolute Gasteiger partial charge is 0.451 e. The van der Waals surface area contributed by atoms with Crippen LogP contribution in [0.2, 0.25) is 0 Å². The Bertz CT molecular complexity index is 856. The number of carbonyl (C=O) groups excluding carboxylic acids is 1. The quantitative estimate of drug-likeness (QED) is 0.561. The number of benzene rings is 2. The van der Waals surface area contributed by atoms with Gasteiger partial charge in [0, 0.05) is 5.39 Å². The Morgan fingerprint density at radius 1 is 1.12 bits per heavy atom. The maximum absolute atomic E-state index is 12.6. The molecule has 3 rings (SSSR count). The standard InChI is InChI=1S/C20H21NO4Si/c22-20(19-14-16-10-4-5-12-18(16)25-19)21-17(11-6-7-13-26(23)24)15-8-2-1-3-9-15/h1-5,7-10,12-14,17,23-24,26H,6,11H2,(H,21,22). The molecule has 3 N–H and O–H groups in total. The van der Waals surface area contributed by atoms with Crippen LogP contribution in [0.15, 0.2) is 76.9 Å². The number of amides is 1. The highest BCUT2D eigenvalue weighted by Crippen LogP contribution is 2.22. The van der Waals surface area contributed by atoms with Gasteiger partial charge in [-0.15, -0.1) is 0 Å². The molecule has 5 nitrogen and oxygen atoms in total. The number of fused-ring (bicyclic) bond motifs is 1. The lowest BCUT2D eigenvalue weighted by atomic mass is 10.0. The summed E-state index contributed by atoms with van der Waals surface area (Å²) >= 11 is 0. The van der Waals surface area contributed by atoms with Crippen LogP contribution in [-0.4, -0.2) is 24.8 Å². The van der Waals surface area contributed by atoms with E-state index < -0.39 is 9.28 Å². The molecule has 1 aromatic heterocycles. The first-order chi connectivity index (χ1) is 12.6. The van der Waals surface area contributed by atoms with Crippen molar-refractivity contribution >= 4 is 26.2 Å². The number of para-hydroxylation sites is 1. The molecular weight excluding hydrogens is 346 g/mol. The Kier molecular flexibility index (Phi) is 6.01. The molecule has 0 saturated heterocycles. The molecule has 134 valence electrons. The molecule has 0 aliphatic rings. The van der Waals surface area contributed by atoms with Gasteiger partial charge in [0.15, 0.2) is 5.76 Å². The van der Waals surface area contributed by atoms with Crippen LogP contribution in [0.4, 0.5) is 0 Å². The highest BCUT2D eigenvalue weighted by atomic mass is 28.3. The summed E-state index contributed by atoms with van der Waals surface area (Å²) in [6, 6.07) is 18.7. The summed E-state index contributed by atoms with van der Waals surface area (Å²) in [5.41, 5.74) is 3.12. The van der Waals surface area contributed by atoms with E-state index in [1.165, 1.54) is 5.70 Å². The molecule has 1 atom stereocenters. The second-order valence-corrected chi connectivity index (χ2v) is 7.22. The third-order valence-corrected chi connectivity index (χ3v) is 4.70. The summed E-state index contributed by atoms with van der Waals surface area (Å²) in [5, 5.41) is 3.91. The maximum atomic E-state index is 12.6. The lowest BCUT2D eigenvalue weighted by molar-refractivity contribution is 0.0909. The lowest BCUT2D eigenvalue weighted by Crippen LogP contribution is -2.28. The summed E-state index contributed by atoms with van der Waals surface area (Å²) in [6.07, 6.45) is 3.03. The summed E-state index contributed by atoms with van der Waals surface area (Å²) in [7, 11) is -2.69. The summed E-state index contributed by atoms with van der Waals surface area (Å²) in [5.74, 6) is 0.0106. The van der Waals surface area contributed by atoms with E-state index in [4.69, 9.17) is 14.0 Å². The number of carbonyl (C=O) groups is 1. The van der Waals surface area contributed by atoms with E-state index in [1.54, 1.807) is 12.1 Å². The van der Waals surface area contributed by atoms with Crippen molar-refractivity contribution in [1.29, 1.82) is 0 Å². The zero-order valence-electron chi connectivity index (χ0n) is 14.2. The van der Waals surface area contributed by atoms with Gasteiger partial charge in [-0.2, -0.15) is 0 Å². The molecule has 0 aliphatic carbocycles. The van der Waals surface area contributed by atoms with Crippen LogP contribution in [0, 0.1) is 0 Å². The van der Waals surface area contributed by atoms with E-state index >= 15 is 0 Å². The third kappa shape index (κ3) is 4.69. The van der Waals surface area contributed by atoms with E-state index in [0.717, 1.165) is 10.9 Å². The van der Waals surface area contributed by atoms with Crippen molar-refractivity contribution in [3.8, 4) is 0 Å². The minimum Gasteiger partial charge on any atom is -0.451 e. The van der Waals surface area contributed by atoms with E-state index in [-0.39, 0.29) is 17.7 Å². The first kappa shape index (κ1) is 18.1. The molecule has 1 heterocycles. The van der Waals surface area contributed by atoms with Crippen LogP contribution in [-0.2, 0) is 0 Å². The van der Waals surface area contributed by atoms with Gasteiger partial charge >= 0.3 is 9.28 Å². The predicted molar refractivity (Wildman–Crippen MR) is 103 cm³/mol. The summed E-state index contributed by atoms with van der Waals surface area (Å²) < 4.78 is 5.64.